The molecule has 28 heavy (non-hydrogen) atoms. The van der Waals surface area contributed by atoms with Crippen molar-refractivity contribution in [2.75, 3.05) is 0 Å². The van der Waals surface area contributed by atoms with E-state index >= 15 is 0 Å². The van der Waals surface area contributed by atoms with Crippen molar-refractivity contribution in [1.29, 1.82) is 5.26 Å². The highest BCUT2D eigenvalue weighted by atomic mass is 35.5. The first kappa shape index (κ1) is 20.3. The Morgan fingerprint density at radius 3 is 2.71 bits per heavy atom. The number of nitrogens with zero attached hydrogens (tertiary/aromatic N) is 2. The maximum Gasteiger partial charge on any atom is 0.146 e. The quantitative estimate of drug-likeness (QED) is 0.614. The van der Waals surface area contributed by atoms with E-state index in [0.717, 1.165) is 28.3 Å². The van der Waals surface area contributed by atoms with E-state index in [9.17, 15) is 5.26 Å². The Morgan fingerprint density at radius 2 is 1.96 bits per heavy atom. The van der Waals surface area contributed by atoms with E-state index in [1.54, 1.807) is 17.4 Å². The molecule has 1 heterocycles. The number of benzene rings is 2. The largest absolute Gasteiger partial charge is 0.489 e. The predicted molar refractivity (Wildman–Crippen MR) is 116 cm³/mol. The normalized spacial score (nSPS) is 15.0. The molecule has 1 aliphatic carbocycles. The van der Waals surface area contributed by atoms with Crippen LogP contribution in [0.4, 0.5) is 0 Å². The highest BCUT2D eigenvalue weighted by Crippen LogP contribution is 2.42. The van der Waals surface area contributed by atoms with Crippen molar-refractivity contribution in [2.24, 2.45) is 5.73 Å². The first-order valence-electron chi connectivity index (χ1n) is 9.12. The second-order valence-electron chi connectivity index (χ2n) is 7.01. The van der Waals surface area contributed by atoms with E-state index in [0.29, 0.717) is 11.3 Å². The average molecular weight is 412 g/mol. The van der Waals surface area contributed by atoms with Crippen LogP contribution >= 0.6 is 23.7 Å². The maximum absolute atomic E-state index is 9.46. The minimum absolute atomic E-state index is 0. The Bertz CT molecular complexity index is 1040. The molecule has 2 aromatic carbocycles. The van der Waals surface area contributed by atoms with Crippen molar-refractivity contribution < 1.29 is 4.74 Å². The summed E-state index contributed by atoms with van der Waals surface area (Å²) in [7, 11) is 0. The molecule has 0 radical (unpaired) electrons. The van der Waals surface area contributed by atoms with E-state index < -0.39 is 0 Å². The van der Waals surface area contributed by atoms with Crippen LogP contribution in [0.5, 0.6) is 5.75 Å². The highest BCUT2D eigenvalue weighted by Gasteiger charge is 2.23. The Hall–Kier alpha value is -2.39. The molecule has 0 fully saturated rings. The molecule has 0 bridgehead atoms. The molecule has 4 rings (SSSR count). The Kier molecular flexibility index (Phi) is 6.04. The molecule has 1 aromatic heterocycles. The molecule has 1 unspecified atom stereocenters. The Morgan fingerprint density at radius 1 is 1.21 bits per heavy atom. The lowest BCUT2D eigenvalue weighted by Crippen LogP contribution is -2.07. The number of ether oxygens (including phenoxy) is 1. The molecule has 1 atom stereocenters. The van der Waals surface area contributed by atoms with Gasteiger partial charge in [0.15, 0.2) is 0 Å². The van der Waals surface area contributed by atoms with Crippen LogP contribution in [0.3, 0.4) is 0 Å². The number of nitrogens with two attached hydrogens (primary N) is 1. The van der Waals surface area contributed by atoms with Crippen molar-refractivity contribution in [1.82, 2.24) is 4.98 Å². The van der Waals surface area contributed by atoms with Crippen molar-refractivity contribution in [3.8, 4) is 32.8 Å². The van der Waals surface area contributed by atoms with Crippen molar-refractivity contribution in [3.05, 3.63) is 59.3 Å². The van der Waals surface area contributed by atoms with E-state index in [4.69, 9.17) is 10.5 Å². The van der Waals surface area contributed by atoms with Gasteiger partial charge in [-0.2, -0.15) is 5.26 Å². The minimum atomic E-state index is -0.00970. The van der Waals surface area contributed by atoms with E-state index in [-0.39, 0.29) is 24.6 Å². The number of rotatable bonds is 4. The van der Waals surface area contributed by atoms with Gasteiger partial charge >= 0.3 is 0 Å². The SMILES string of the molecule is CC(C)Oc1c(C#N)cccc1-c1cnc(-c2cccc3c2CCC3N)s1.Cl. The van der Waals surface area contributed by atoms with Gasteiger partial charge in [-0.3, -0.25) is 0 Å². The van der Waals surface area contributed by atoms with Crippen LogP contribution in [0.15, 0.2) is 42.6 Å². The summed E-state index contributed by atoms with van der Waals surface area (Å²) < 4.78 is 5.96. The molecule has 4 nitrogen and oxygen atoms in total. The van der Waals surface area contributed by atoms with Crippen LogP contribution in [-0.2, 0) is 6.42 Å². The molecule has 0 aliphatic heterocycles. The van der Waals surface area contributed by atoms with Gasteiger partial charge in [0.2, 0.25) is 0 Å². The molecule has 6 heteroatoms. The summed E-state index contributed by atoms with van der Waals surface area (Å²) in [6, 6.07) is 14.3. The molecular weight excluding hydrogens is 390 g/mol. The Balaban J connectivity index is 0.00000225. The second kappa shape index (κ2) is 8.32. The standard InChI is InChI=1S/C22H21N3OS.ClH/c1-13(2)26-21-14(11-23)5-3-8-18(21)20-12-25-22(27-20)17-7-4-6-16-15(17)9-10-19(16)24;/h3-8,12-13,19H,9-10,24H2,1-2H3;1H. The summed E-state index contributed by atoms with van der Waals surface area (Å²) in [6.45, 7) is 3.93. The monoisotopic (exact) mass is 411 g/mol. The third-order valence-corrected chi connectivity index (χ3v) is 5.87. The fourth-order valence-corrected chi connectivity index (χ4v) is 4.58. The third-order valence-electron chi connectivity index (χ3n) is 4.81. The molecule has 2 N–H and O–H groups in total. The van der Waals surface area contributed by atoms with E-state index in [2.05, 4.69) is 29.3 Å². The molecule has 3 aromatic rings. The predicted octanol–water partition coefficient (Wildman–Crippen LogP) is 5.50. The first-order chi connectivity index (χ1) is 13.1. The van der Waals surface area contributed by atoms with E-state index in [1.807, 2.05) is 32.2 Å². The zero-order valence-electron chi connectivity index (χ0n) is 15.8. The smallest absolute Gasteiger partial charge is 0.146 e. The van der Waals surface area contributed by atoms with Crippen LogP contribution in [0.2, 0.25) is 0 Å². The van der Waals surface area contributed by atoms with Crippen molar-refractivity contribution in [3.63, 3.8) is 0 Å². The highest BCUT2D eigenvalue weighted by molar-refractivity contribution is 7.18. The molecule has 144 valence electrons. The zero-order valence-corrected chi connectivity index (χ0v) is 17.4. The van der Waals surface area contributed by atoms with Crippen LogP contribution < -0.4 is 10.5 Å². The number of thiazole rings is 1. The Labute approximate surface area is 175 Å². The number of para-hydroxylation sites is 1. The molecule has 1 aliphatic rings. The van der Waals surface area contributed by atoms with Gasteiger partial charge in [-0.15, -0.1) is 23.7 Å². The zero-order chi connectivity index (χ0) is 19.0. The number of halogens is 1. The fourth-order valence-electron chi connectivity index (χ4n) is 3.59. The van der Waals surface area contributed by atoms with Gasteiger partial charge < -0.3 is 10.5 Å². The average Bonchev–Trinajstić information content (AvgIpc) is 3.29. The van der Waals surface area contributed by atoms with Crippen molar-refractivity contribution >= 4 is 23.7 Å². The molecular formula is C22H22ClN3OS. The summed E-state index contributed by atoms with van der Waals surface area (Å²) in [5, 5.41) is 10.4. The maximum atomic E-state index is 9.46. The van der Waals surface area contributed by atoms with Gasteiger partial charge in [-0.1, -0.05) is 24.3 Å². The number of hydrogen-bond acceptors (Lipinski definition) is 5. The number of aromatic nitrogens is 1. The summed E-state index contributed by atoms with van der Waals surface area (Å²) in [5.41, 5.74) is 11.4. The molecule has 0 saturated carbocycles. The number of hydrogen-bond donors (Lipinski definition) is 1. The summed E-state index contributed by atoms with van der Waals surface area (Å²) in [4.78, 5) is 5.68. The summed E-state index contributed by atoms with van der Waals surface area (Å²) in [5.74, 6) is 0.630. The van der Waals surface area contributed by atoms with Gasteiger partial charge in [0.05, 0.1) is 16.5 Å². The molecule has 0 saturated heterocycles. The van der Waals surface area contributed by atoms with E-state index in [1.165, 1.54) is 16.7 Å². The van der Waals surface area contributed by atoms with Gasteiger partial charge in [0.25, 0.3) is 0 Å². The van der Waals surface area contributed by atoms with Gasteiger partial charge in [0.1, 0.15) is 16.8 Å². The molecule has 0 amide bonds. The van der Waals surface area contributed by atoms with Gasteiger partial charge in [-0.25, -0.2) is 4.98 Å². The van der Waals surface area contributed by atoms with Crippen LogP contribution in [-0.4, -0.2) is 11.1 Å². The summed E-state index contributed by atoms with van der Waals surface area (Å²) in [6.07, 6.45) is 3.84. The second-order valence-corrected chi connectivity index (χ2v) is 8.04. The summed E-state index contributed by atoms with van der Waals surface area (Å²) >= 11 is 1.63. The van der Waals surface area contributed by atoms with Crippen LogP contribution in [0.25, 0.3) is 21.0 Å². The fraction of sp³-hybridized carbons (Fsp3) is 0.273. The minimum Gasteiger partial charge on any atom is -0.489 e. The lowest BCUT2D eigenvalue weighted by atomic mass is 10.0. The van der Waals surface area contributed by atoms with Gasteiger partial charge in [0, 0.05) is 23.4 Å². The lowest BCUT2D eigenvalue weighted by molar-refractivity contribution is 0.243. The molecule has 0 spiro atoms. The number of nitriles is 1. The third kappa shape index (κ3) is 3.64. The topological polar surface area (TPSA) is 71.9 Å². The number of fused-ring (bicyclic) bond motifs is 1. The van der Waals surface area contributed by atoms with Crippen LogP contribution in [0, 0.1) is 11.3 Å². The van der Waals surface area contributed by atoms with Crippen LogP contribution in [0.1, 0.15) is 43.0 Å². The lowest BCUT2D eigenvalue weighted by Gasteiger charge is -2.14. The van der Waals surface area contributed by atoms with Gasteiger partial charge in [-0.05, 0) is 49.9 Å². The first-order valence-corrected chi connectivity index (χ1v) is 9.94. The van der Waals surface area contributed by atoms with Crippen molar-refractivity contribution in [2.45, 2.75) is 38.8 Å².